The van der Waals surface area contributed by atoms with Crippen LogP contribution in [-0.2, 0) is 33.7 Å². The Balaban J connectivity index is 1.66. The molecule has 0 spiro atoms. The Hall–Kier alpha value is -4.41. The molecule has 0 radical (unpaired) electrons. The summed E-state index contributed by atoms with van der Waals surface area (Å²) in [6, 6.07) is 11.5. The van der Waals surface area contributed by atoms with E-state index in [9.17, 15) is 19.7 Å². The Morgan fingerprint density at radius 3 is 2.41 bits per heavy atom. The van der Waals surface area contributed by atoms with Crippen molar-refractivity contribution in [3.63, 3.8) is 0 Å². The summed E-state index contributed by atoms with van der Waals surface area (Å²) in [4.78, 5) is 39.3. The number of nitrogens with one attached hydrogen (secondary N) is 1. The Bertz CT molecular complexity index is 1360. The average molecular weight is 568 g/mol. The van der Waals surface area contributed by atoms with Gasteiger partial charge in [0.2, 0.25) is 5.89 Å². The molecule has 3 aromatic rings. The SMILES string of the molecule is Cc1oc(-c2ccc([N+](=O)[O-])cc2)nc1CCOc1ccc(CCC(=O)OC(C)(C)C)c(CNC(=O)OC(C)C)c1. The number of non-ortho nitro benzene ring substituents is 1. The molecule has 1 heterocycles. The minimum Gasteiger partial charge on any atom is -0.493 e. The van der Waals surface area contributed by atoms with Gasteiger partial charge in [-0.15, -0.1) is 0 Å². The number of carbonyl (C=O) groups excluding carboxylic acids is 2. The largest absolute Gasteiger partial charge is 0.493 e. The van der Waals surface area contributed by atoms with Crippen LogP contribution in [-0.4, -0.2) is 40.3 Å². The zero-order valence-corrected chi connectivity index (χ0v) is 24.3. The Morgan fingerprint density at radius 2 is 1.78 bits per heavy atom. The van der Waals surface area contributed by atoms with E-state index in [1.165, 1.54) is 12.1 Å². The summed E-state index contributed by atoms with van der Waals surface area (Å²) in [6.07, 6.45) is 0.321. The van der Waals surface area contributed by atoms with E-state index in [4.69, 9.17) is 18.6 Å². The smallest absolute Gasteiger partial charge is 0.407 e. The first-order chi connectivity index (χ1) is 19.3. The zero-order chi connectivity index (χ0) is 30.2. The second-order valence-corrected chi connectivity index (χ2v) is 10.7. The summed E-state index contributed by atoms with van der Waals surface area (Å²) in [5, 5.41) is 13.6. The third-order valence-electron chi connectivity index (χ3n) is 5.79. The number of nitro groups is 1. The van der Waals surface area contributed by atoms with E-state index in [0.717, 1.165) is 11.1 Å². The molecule has 1 amide bonds. The fourth-order valence-electron chi connectivity index (χ4n) is 3.93. The van der Waals surface area contributed by atoms with Crippen LogP contribution in [0.3, 0.4) is 0 Å². The van der Waals surface area contributed by atoms with Crippen molar-refractivity contribution in [3.05, 3.63) is 75.2 Å². The van der Waals surface area contributed by atoms with Crippen LogP contribution in [0.25, 0.3) is 11.5 Å². The highest BCUT2D eigenvalue weighted by molar-refractivity contribution is 5.70. The minimum atomic E-state index is -0.565. The number of aromatic nitrogens is 1. The van der Waals surface area contributed by atoms with Gasteiger partial charge in [0.15, 0.2) is 0 Å². The van der Waals surface area contributed by atoms with Crippen molar-refractivity contribution in [2.24, 2.45) is 0 Å². The number of alkyl carbamates (subject to hydrolysis) is 1. The number of amides is 1. The lowest BCUT2D eigenvalue weighted by Crippen LogP contribution is -2.27. The van der Waals surface area contributed by atoms with Crippen LogP contribution in [0.15, 0.2) is 46.9 Å². The van der Waals surface area contributed by atoms with Crippen LogP contribution < -0.4 is 10.1 Å². The highest BCUT2D eigenvalue weighted by Gasteiger charge is 2.18. The van der Waals surface area contributed by atoms with Crippen LogP contribution in [0.5, 0.6) is 5.75 Å². The maximum atomic E-state index is 12.3. The molecular formula is C30H37N3O8. The first kappa shape index (κ1) is 31.1. The summed E-state index contributed by atoms with van der Waals surface area (Å²) in [7, 11) is 0. The van der Waals surface area contributed by atoms with Crippen molar-refractivity contribution in [3.8, 4) is 17.2 Å². The fraction of sp³-hybridized carbons (Fsp3) is 0.433. The lowest BCUT2D eigenvalue weighted by molar-refractivity contribution is -0.384. The van der Waals surface area contributed by atoms with Crippen molar-refractivity contribution in [2.75, 3.05) is 6.61 Å². The molecule has 11 nitrogen and oxygen atoms in total. The third kappa shape index (κ3) is 9.93. The van der Waals surface area contributed by atoms with Gasteiger partial charge in [-0.3, -0.25) is 14.9 Å². The summed E-state index contributed by atoms with van der Waals surface area (Å²) in [5.74, 6) is 1.31. The molecule has 0 saturated carbocycles. The lowest BCUT2D eigenvalue weighted by atomic mass is 10.0. The number of oxazole rings is 1. The molecule has 0 aliphatic rings. The van der Waals surface area contributed by atoms with Gasteiger partial charge in [-0.05, 0) is 83.4 Å². The average Bonchev–Trinajstić information content (AvgIpc) is 3.25. The van der Waals surface area contributed by atoms with Gasteiger partial charge in [0, 0.05) is 37.1 Å². The van der Waals surface area contributed by atoms with Gasteiger partial charge < -0.3 is 23.9 Å². The second-order valence-electron chi connectivity index (χ2n) is 10.7. The number of rotatable bonds is 12. The maximum Gasteiger partial charge on any atom is 0.407 e. The van der Waals surface area contributed by atoms with Gasteiger partial charge in [0.05, 0.1) is 23.3 Å². The molecular weight excluding hydrogens is 530 g/mol. The number of ether oxygens (including phenoxy) is 3. The summed E-state index contributed by atoms with van der Waals surface area (Å²) < 4.78 is 22.3. The number of hydrogen-bond donors (Lipinski definition) is 1. The van der Waals surface area contributed by atoms with Gasteiger partial charge in [0.25, 0.3) is 5.69 Å². The Labute approximate surface area is 239 Å². The number of esters is 1. The first-order valence-electron chi connectivity index (χ1n) is 13.4. The van der Waals surface area contributed by atoms with Gasteiger partial charge in [0.1, 0.15) is 17.1 Å². The van der Waals surface area contributed by atoms with E-state index in [1.807, 2.05) is 39.0 Å². The van der Waals surface area contributed by atoms with Crippen LogP contribution >= 0.6 is 0 Å². The van der Waals surface area contributed by atoms with Crippen molar-refractivity contribution >= 4 is 17.7 Å². The molecule has 220 valence electrons. The molecule has 0 aliphatic carbocycles. The second kappa shape index (κ2) is 13.8. The van der Waals surface area contributed by atoms with E-state index in [1.54, 1.807) is 32.9 Å². The molecule has 0 aliphatic heterocycles. The molecule has 0 fully saturated rings. The molecule has 11 heteroatoms. The summed E-state index contributed by atoms with van der Waals surface area (Å²) >= 11 is 0. The zero-order valence-electron chi connectivity index (χ0n) is 24.3. The quantitative estimate of drug-likeness (QED) is 0.156. The topological polar surface area (TPSA) is 143 Å². The minimum absolute atomic E-state index is 0.00658. The van der Waals surface area contributed by atoms with E-state index in [2.05, 4.69) is 10.3 Å². The van der Waals surface area contributed by atoms with Crippen molar-refractivity contribution in [1.29, 1.82) is 0 Å². The highest BCUT2D eigenvalue weighted by Crippen LogP contribution is 2.25. The molecule has 41 heavy (non-hydrogen) atoms. The maximum absolute atomic E-state index is 12.3. The van der Waals surface area contributed by atoms with Gasteiger partial charge in [-0.1, -0.05) is 6.07 Å². The number of benzene rings is 2. The molecule has 0 atom stereocenters. The molecule has 0 bridgehead atoms. The van der Waals surface area contributed by atoms with Crippen LogP contribution in [0.2, 0.25) is 0 Å². The molecule has 2 aromatic carbocycles. The number of nitrogens with zero attached hydrogens (tertiary/aromatic N) is 2. The van der Waals surface area contributed by atoms with Gasteiger partial charge in [-0.25, -0.2) is 9.78 Å². The van der Waals surface area contributed by atoms with Crippen molar-refractivity contribution < 1.29 is 33.1 Å². The molecule has 3 rings (SSSR count). The van der Waals surface area contributed by atoms with E-state index >= 15 is 0 Å². The predicted octanol–water partition coefficient (Wildman–Crippen LogP) is 6.09. The number of carbonyl (C=O) groups is 2. The van der Waals surface area contributed by atoms with Crippen molar-refractivity contribution in [1.82, 2.24) is 10.3 Å². The van der Waals surface area contributed by atoms with Crippen molar-refractivity contribution in [2.45, 2.75) is 79.1 Å². The highest BCUT2D eigenvalue weighted by atomic mass is 16.6. The van der Waals surface area contributed by atoms with Crippen LogP contribution in [0.4, 0.5) is 10.5 Å². The Morgan fingerprint density at radius 1 is 1.07 bits per heavy atom. The third-order valence-corrected chi connectivity index (χ3v) is 5.79. The molecule has 0 saturated heterocycles. The van der Waals surface area contributed by atoms with Gasteiger partial charge in [-0.2, -0.15) is 0 Å². The standard InChI is InChI=1S/C30H37N3O8/c1-19(2)39-29(35)31-18-23-17-25(13-9-21(23)10-14-27(34)41-30(4,5)6)38-16-15-26-20(3)40-28(32-26)22-7-11-24(12-8-22)33(36)37/h7-9,11-13,17,19H,10,14-16,18H2,1-6H3,(H,31,35). The molecule has 1 N–H and O–H groups in total. The van der Waals surface area contributed by atoms with Crippen LogP contribution in [0, 0.1) is 17.0 Å². The van der Waals surface area contributed by atoms with E-state index in [0.29, 0.717) is 48.1 Å². The van der Waals surface area contributed by atoms with Crippen LogP contribution in [0.1, 0.15) is 63.6 Å². The predicted molar refractivity (Wildman–Crippen MR) is 152 cm³/mol. The summed E-state index contributed by atoms with van der Waals surface area (Å²) in [5.41, 5.74) is 2.46. The molecule has 1 aromatic heterocycles. The van der Waals surface area contributed by atoms with Gasteiger partial charge >= 0.3 is 12.1 Å². The first-order valence-corrected chi connectivity index (χ1v) is 13.4. The molecule has 0 unspecified atom stereocenters. The fourth-order valence-corrected chi connectivity index (χ4v) is 3.93. The number of aryl methyl sites for hydroxylation is 2. The Kier molecular flexibility index (Phi) is 10.5. The normalized spacial score (nSPS) is 11.3. The monoisotopic (exact) mass is 567 g/mol. The van der Waals surface area contributed by atoms with E-state index in [-0.39, 0.29) is 30.7 Å². The van der Waals surface area contributed by atoms with E-state index < -0.39 is 16.6 Å². The number of nitro benzene ring substituents is 1. The number of hydrogen-bond acceptors (Lipinski definition) is 9. The summed E-state index contributed by atoms with van der Waals surface area (Å²) in [6.45, 7) is 11.3. The lowest BCUT2D eigenvalue weighted by Gasteiger charge is -2.20.